The van der Waals surface area contributed by atoms with Crippen LogP contribution in [0.4, 0.5) is 0 Å². The Morgan fingerprint density at radius 3 is 0.909 bits per heavy atom. The predicted octanol–water partition coefficient (Wildman–Crippen LogP) is 8.89. The van der Waals surface area contributed by atoms with E-state index in [2.05, 4.69) is 50.7 Å². The molecule has 274 valence electrons. The second-order valence-electron chi connectivity index (χ2n) is 11.8. The highest BCUT2D eigenvalue weighted by Gasteiger charge is 2.09. The molecule has 0 aliphatic carbocycles. The van der Waals surface area contributed by atoms with Crippen LogP contribution in [-0.2, 0) is 0 Å². The first kappa shape index (κ1) is 39.4. The van der Waals surface area contributed by atoms with E-state index >= 15 is 0 Å². The molecule has 3 heterocycles. The maximum atomic E-state index is 11.2. The molecule has 0 fully saturated rings. The summed E-state index contributed by atoms with van der Waals surface area (Å²) < 4.78 is 0. The van der Waals surface area contributed by atoms with Crippen LogP contribution < -0.4 is 11.5 Å². The second kappa shape index (κ2) is 19.3. The zero-order chi connectivity index (χ0) is 37.7. The van der Waals surface area contributed by atoms with Crippen molar-refractivity contribution in [3.8, 4) is 0 Å². The van der Waals surface area contributed by atoms with Crippen LogP contribution in [0.5, 0.6) is 0 Å². The summed E-state index contributed by atoms with van der Waals surface area (Å²) in [5.74, 6) is 0. The lowest BCUT2D eigenvalue weighted by Gasteiger charge is -2.07. The molecular weight excluding hydrogens is 683 g/mol. The SMILES string of the molecule is C.C(=NCN=Cc1c2ccccc2nc2ccccc12)c1c2ccccc2nc2ccccc12.CO.NCN.O=Cc1c2ccccc2nc2ccccc12. The minimum Gasteiger partial charge on any atom is -0.400 e. The molecule has 9 nitrogen and oxygen atoms in total. The quantitative estimate of drug-likeness (QED) is 0.0693. The Kier molecular flexibility index (Phi) is 13.9. The number of pyridine rings is 3. The van der Waals surface area contributed by atoms with Crippen molar-refractivity contribution in [1.29, 1.82) is 0 Å². The third-order valence-electron chi connectivity index (χ3n) is 8.61. The number of carbonyl (C=O) groups excluding carboxylic acids is 1. The van der Waals surface area contributed by atoms with E-state index in [1.165, 1.54) is 0 Å². The summed E-state index contributed by atoms with van der Waals surface area (Å²) in [5, 5.41) is 13.2. The number of para-hydroxylation sites is 6. The van der Waals surface area contributed by atoms with Crippen LogP contribution in [0.25, 0.3) is 65.4 Å². The maximum absolute atomic E-state index is 11.2. The first-order valence-corrected chi connectivity index (χ1v) is 17.3. The lowest BCUT2D eigenvalue weighted by atomic mass is 10.0. The molecule has 0 aliphatic rings. The van der Waals surface area contributed by atoms with E-state index in [1.807, 2.05) is 134 Å². The van der Waals surface area contributed by atoms with Crippen LogP contribution in [0.2, 0.25) is 0 Å². The number of aliphatic hydroxyl groups excluding tert-OH is 1. The van der Waals surface area contributed by atoms with Gasteiger partial charge in [0.2, 0.25) is 0 Å². The molecule has 0 atom stereocenters. The van der Waals surface area contributed by atoms with E-state index in [4.69, 9.17) is 15.1 Å². The van der Waals surface area contributed by atoms with Gasteiger partial charge in [0.05, 0.1) is 33.1 Å². The zero-order valence-electron chi connectivity index (χ0n) is 29.7. The van der Waals surface area contributed by atoms with Crippen LogP contribution in [0.15, 0.2) is 156 Å². The van der Waals surface area contributed by atoms with Gasteiger partial charge in [-0.3, -0.25) is 14.8 Å². The average molecular weight is 726 g/mol. The summed E-state index contributed by atoms with van der Waals surface area (Å²) >= 11 is 0. The van der Waals surface area contributed by atoms with Crippen molar-refractivity contribution < 1.29 is 9.90 Å². The number of nitrogens with zero attached hydrogens (tertiary/aromatic N) is 5. The highest BCUT2D eigenvalue weighted by Crippen LogP contribution is 2.27. The molecule has 9 rings (SSSR count). The summed E-state index contributed by atoms with van der Waals surface area (Å²) in [6.07, 6.45) is 4.76. The number of benzene rings is 6. The fourth-order valence-corrected chi connectivity index (χ4v) is 6.33. The Balaban J connectivity index is 0.000000221. The number of aromatic nitrogens is 3. The van der Waals surface area contributed by atoms with Crippen molar-refractivity contribution in [1.82, 2.24) is 15.0 Å². The molecule has 0 amide bonds. The van der Waals surface area contributed by atoms with E-state index in [-0.39, 0.29) is 14.1 Å². The van der Waals surface area contributed by atoms with Crippen LogP contribution >= 0.6 is 0 Å². The van der Waals surface area contributed by atoms with Gasteiger partial charge in [0, 0.05) is 75.2 Å². The number of rotatable bonds is 5. The van der Waals surface area contributed by atoms with E-state index in [9.17, 15) is 4.79 Å². The van der Waals surface area contributed by atoms with Gasteiger partial charge in [0.1, 0.15) is 6.67 Å². The Morgan fingerprint density at radius 1 is 0.455 bits per heavy atom. The lowest BCUT2D eigenvalue weighted by molar-refractivity contribution is 0.112. The van der Waals surface area contributed by atoms with Crippen LogP contribution in [0, 0.1) is 0 Å². The molecule has 0 saturated heterocycles. The smallest absolute Gasteiger partial charge is 0.151 e. The number of nitrogens with two attached hydrogens (primary N) is 2. The van der Waals surface area contributed by atoms with Crippen molar-refractivity contribution in [3.05, 3.63) is 162 Å². The summed E-state index contributed by atoms with van der Waals surface area (Å²) in [7, 11) is 1.00. The molecule has 5 N–H and O–H groups in total. The molecule has 9 aromatic rings. The molecule has 0 aliphatic heterocycles. The normalized spacial score (nSPS) is 10.8. The van der Waals surface area contributed by atoms with E-state index < -0.39 is 0 Å². The van der Waals surface area contributed by atoms with Gasteiger partial charge in [-0.1, -0.05) is 117 Å². The summed E-state index contributed by atoms with van der Waals surface area (Å²) in [6, 6.07) is 48.1. The summed E-state index contributed by atoms with van der Waals surface area (Å²) in [6.45, 7) is 0.593. The first-order valence-electron chi connectivity index (χ1n) is 17.3. The van der Waals surface area contributed by atoms with Gasteiger partial charge in [0.25, 0.3) is 0 Å². The fraction of sp³-hybridized carbons (Fsp3) is 0.0870. The van der Waals surface area contributed by atoms with Crippen molar-refractivity contribution in [2.75, 3.05) is 20.4 Å². The molecule has 0 radical (unpaired) electrons. The molecular formula is C46H43N7O2. The minimum absolute atomic E-state index is 0. The maximum Gasteiger partial charge on any atom is 0.151 e. The minimum atomic E-state index is 0. The van der Waals surface area contributed by atoms with Crippen LogP contribution in [0.1, 0.15) is 28.9 Å². The van der Waals surface area contributed by atoms with Crippen LogP contribution in [-0.4, -0.2) is 59.2 Å². The molecule has 0 saturated carbocycles. The molecule has 55 heavy (non-hydrogen) atoms. The number of aliphatic imine (C=N–C) groups is 2. The molecule has 9 heteroatoms. The number of carbonyl (C=O) groups is 1. The van der Waals surface area contributed by atoms with E-state index in [0.717, 1.165) is 95.5 Å². The van der Waals surface area contributed by atoms with Crippen LogP contribution in [0.3, 0.4) is 0 Å². The second-order valence-corrected chi connectivity index (χ2v) is 11.8. The van der Waals surface area contributed by atoms with Gasteiger partial charge in [0.15, 0.2) is 6.29 Å². The molecule has 6 aromatic carbocycles. The largest absolute Gasteiger partial charge is 0.400 e. The standard InChI is InChI=1S/C29H20N4.C14H9NO.CH6N2.CH4O.CH4/c1-5-13-26-20(9-1)24(21-10-2-6-14-27(21)32-26)17-30-19-31-18-25-22-11-3-7-15-28(22)33-29-16-8-4-12-23(25)29;16-9-12-10-5-1-3-7-13(10)15-14-8-4-2-6-11(12)14;2-1-3;1-2;/h1-18H,19H2;1-9H;1-3H2;2H,1H3;1H4. The Morgan fingerprint density at radius 2 is 0.673 bits per heavy atom. The zero-order valence-corrected chi connectivity index (χ0v) is 29.7. The average Bonchev–Trinajstić information content (AvgIpc) is 3.23. The number of aliphatic hydroxyl groups is 1. The Labute approximate surface area is 319 Å². The van der Waals surface area contributed by atoms with Gasteiger partial charge in [-0.05, 0) is 36.4 Å². The van der Waals surface area contributed by atoms with Crippen molar-refractivity contribution in [2.45, 2.75) is 7.43 Å². The highest BCUT2D eigenvalue weighted by molar-refractivity contribution is 6.12. The predicted molar refractivity (Wildman–Crippen MR) is 231 cm³/mol. The monoisotopic (exact) mass is 725 g/mol. The number of fused-ring (bicyclic) bond motifs is 6. The third kappa shape index (κ3) is 8.72. The van der Waals surface area contributed by atoms with Gasteiger partial charge in [-0.2, -0.15) is 0 Å². The van der Waals surface area contributed by atoms with Gasteiger partial charge in [-0.25, -0.2) is 15.0 Å². The van der Waals surface area contributed by atoms with Gasteiger partial charge >= 0.3 is 0 Å². The fourth-order valence-electron chi connectivity index (χ4n) is 6.33. The van der Waals surface area contributed by atoms with E-state index in [0.29, 0.717) is 6.67 Å². The van der Waals surface area contributed by atoms with E-state index in [1.54, 1.807) is 0 Å². The number of aldehydes is 1. The molecule has 3 aromatic heterocycles. The third-order valence-corrected chi connectivity index (χ3v) is 8.61. The molecule has 0 spiro atoms. The Bertz CT molecular complexity index is 2480. The van der Waals surface area contributed by atoms with Crippen molar-refractivity contribution >= 4 is 84.1 Å². The highest BCUT2D eigenvalue weighted by atomic mass is 16.2. The molecule has 0 unspecified atom stereocenters. The Hall–Kier alpha value is -6.78. The number of hydrogen-bond acceptors (Lipinski definition) is 9. The topological polar surface area (TPSA) is 153 Å². The first-order chi connectivity index (χ1) is 26.7. The van der Waals surface area contributed by atoms with Crippen molar-refractivity contribution in [2.24, 2.45) is 21.5 Å². The molecule has 0 bridgehead atoms. The van der Waals surface area contributed by atoms with Gasteiger partial charge in [-0.15, -0.1) is 0 Å². The number of hydrogen-bond donors (Lipinski definition) is 3. The summed E-state index contributed by atoms with van der Waals surface area (Å²) in [4.78, 5) is 34.6. The van der Waals surface area contributed by atoms with Crippen molar-refractivity contribution in [3.63, 3.8) is 0 Å². The lowest BCUT2D eigenvalue weighted by Crippen LogP contribution is -2.08. The summed E-state index contributed by atoms with van der Waals surface area (Å²) in [5.41, 5.74) is 17.7. The van der Waals surface area contributed by atoms with Gasteiger partial charge < -0.3 is 16.6 Å².